The third-order valence-corrected chi connectivity index (χ3v) is 3.31. The number of nitrogens with zero attached hydrogens (tertiary/aromatic N) is 1. The lowest BCUT2D eigenvalue weighted by atomic mass is 10.0. The molecular weight excluding hydrogens is 276 g/mol. The van der Waals surface area contributed by atoms with E-state index in [9.17, 15) is 9.59 Å². The van der Waals surface area contributed by atoms with Crippen LogP contribution in [-0.4, -0.2) is 16.7 Å². The summed E-state index contributed by atoms with van der Waals surface area (Å²) in [6.07, 6.45) is 4.34. The van der Waals surface area contributed by atoms with Crippen molar-refractivity contribution in [2.75, 3.05) is 5.32 Å². The zero-order chi connectivity index (χ0) is 14.1. The van der Waals surface area contributed by atoms with Gasteiger partial charge in [0.15, 0.2) is 5.78 Å². The predicted molar refractivity (Wildman–Crippen MR) is 76.6 cm³/mol. The molecule has 0 unspecified atom stereocenters. The van der Waals surface area contributed by atoms with Gasteiger partial charge < -0.3 is 5.32 Å². The highest BCUT2D eigenvalue weighted by molar-refractivity contribution is 6.41. The Bertz CT molecular complexity index is 739. The molecule has 98 valence electrons. The van der Waals surface area contributed by atoms with Crippen LogP contribution in [0.2, 0.25) is 5.02 Å². The fraction of sp³-hybridized carbons (Fsp3) is 0. The molecule has 4 nitrogen and oxygen atoms in total. The smallest absolute Gasteiger partial charge is 0.256 e. The topological polar surface area (TPSA) is 59.1 Å². The van der Waals surface area contributed by atoms with Gasteiger partial charge in [-0.05, 0) is 30.3 Å². The van der Waals surface area contributed by atoms with Crippen LogP contribution in [0.4, 0.5) is 5.69 Å². The van der Waals surface area contributed by atoms with Gasteiger partial charge in [-0.15, -0.1) is 0 Å². The lowest BCUT2D eigenvalue weighted by Gasteiger charge is -2.01. The lowest BCUT2D eigenvalue weighted by Crippen LogP contribution is -2.06. The van der Waals surface area contributed by atoms with Crippen LogP contribution >= 0.6 is 11.6 Å². The first-order chi connectivity index (χ1) is 9.66. The average molecular weight is 285 g/mol. The highest BCUT2D eigenvalue weighted by atomic mass is 35.5. The Labute approximate surface area is 120 Å². The van der Waals surface area contributed by atoms with Gasteiger partial charge in [0.25, 0.3) is 5.91 Å². The van der Waals surface area contributed by atoms with Crippen molar-refractivity contribution < 1.29 is 9.59 Å². The molecule has 1 amide bonds. The second-order valence-electron chi connectivity index (χ2n) is 4.28. The second-order valence-corrected chi connectivity index (χ2v) is 4.69. The van der Waals surface area contributed by atoms with E-state index in [0.29, 0.717) is 21.8 Å². The molecule has 3 rings (SSSR count). The number of halogens is 1. The molecule has 0 radical (unpaired) electrons. The minimum absolute atomic E-state index is 0.277. The second kappa shape index (κ2) is 4.90. The van der Waals surface area contributed by atoms with Gasteiger partial charge >= 0.3 is 0 Å². The molecule has 1 aromatic heterocycles. The number of amides is 1. The number of ketones is 1. The summed E-state index contributed by atoms with van der Waals surface area (Å²) in [5.74, 6) is -0.610. The molecule has 2 aromatic rings. The summed E-state index contributed by atoms with van der Waals surface area (Å²) in [6, 6.07) is 8.49. The standard InChI is InChI=1S/C15H9ClN2O2/c16-11-4-1-5-12-14(11)10(15(20)18-12)7-13(19)9-3-2-6-17-8-9/h1-8H,(H,18,20)/b10-7-. The van der Waals surface area contributed by atoms with Crippen molar-refractivity contribution in [1.29, 1.82) is 0 Å². The van der Waals surface area contributed by atoms with Crippen LogP contribution < -0.4 is 5.32 Å². The van der Waals surface area contributed by atoms with Crippen LogP contribution in [0.5, 0.6) is 0 Å². The van der Waals surface area contributed by atoms with Crippen LogP contribution in [-0.2, 0) is 4.79 Å². The van der Waals surface area contributed by atoms with Crippen molar-refractivity contribution in [2.24, 2.45) is 0 Å². The first kappa shape index (κ1) is 12.6. The third-order valence-electron chi connectivity index (χ3n) is 3.00. The maximum Gasteiger partial charge on any atom is 0.256 e. The zero-order valence-corrected chi connectivity index (χ0v) is 11.0. The average Bonchev–Trinajstić information content (AvgIpc) is 2.77. The summed E-state index contributed by atoms with van der Waals surface area (Å²) < 4.78 is 0. The van der Waals surface area contributed by atoms with Crippen molar-refractivity contribution in [2.45, 2.75) is 0 Å². The van der Waals surface area contributed by atoms with Crippen LogP contribution in [0.25, 0.3) is 5.57 Å². The molecule has 5 heteroatoms. The van der Waals surface area contributed by atoms with Crippen LogP contribution in [0.3, 0.4) is 0 Å². The van der Waals surface area contributed by atoms with Gasteiger partial charge in [-0.25, -0.2) is 0 Å². The molecule has 1 aromatic carbocycles. The summed E-state index contributed by atoms with van der Waals surface area (Å²) in [6.45, 7) is 0. The summed E-state index contributed by atoms with van der Waals surface area (Å²) in [5, 5.41) is 3.12. The summed E-state index contributed by atoms with van der Waals surface area (Å²) in [4.78, 5) is 28.0. The van der Waals surface area contributed by atoms with Gasteiger partial charge in [-0.2, -0.15) is 0 Å². The van der Waals surface area contributed by atoms with E-state index in [4.69, 9.17) is 11.6 Å². The van der Waals surface area contributed by atoms with Crippen molar-refractivity contribution in [3.8, 4) is 0 Å². The molecule has 0 bridgehead atoms. The first-order valence-corrected chi connectivity index (χ1v) is 6.31. The molecule has 20 heavy (non-hydrogen) atoms. The Balaban J connectivity index is 2.06. The number of aromatic nitrogens is 1. The number of fused-ring (bicyclic) bond motifs is 1. The number of rotatable bonds is 2. The van der Waals surface area contributed by atoms with Crippen LogP contribution in [0.15, 0.2) is 48.8 Å². The van der Waals surface area contributed by atoms with Gasteiger partial charge in [0.1, 0.15) is 0 Å². The number of nitrogens with one attached hydrogen (secondary N) is 1. The molecule has 1 N–H and O–H groups in total. The SMILES string of the molecule is O=C1Nc2cccc(Cl)c2/C1=C/C(=O)c1cccnc1. The van der Waals surface area contributed by atoms with E-state index in [0.717, 1.165) is 0 Å². The van der Waals surface area contributed by atoms with E-state index in [1.165, 1.54) is 12.3 Å². The number of hydrogen-bond donors (Lipinski definition) is 1. The molecule has 2 heterocycles. The monoisotopic (exact) mass is 284 g/mol. The van der Waals surface area contributed by atoms with E-state index in [2.05, 4.69) is 10.3 Å². The molecule has 0 saturated carbocycles. The van der Waals surface area contributed by atoms with Crippen molar-refractivity contribution in [3.63, 3.8) is 0 Å². The zero-order valence-electron chi connectivity index (χ0n) is 10.3. The molecule has 1 aliphatic rings. The van der Waals surface area contributed by atoms with Gasteiger partial charge in [0, 0.05) is 23.5 Å². The van der Waals surface area contributed by atoms with E-state index < -0.39 is 0 Å². The maximum atomic E-state index is 12.1. The Morgan fingerprint density at radius 2 is 2.10 bits per heavy atom. The first-order valence-electron chi connectivity index (χ1n) is 5.93. The van der Waals surface area contributed by atoms with Crippen molar-refractivity contribution in [3.05, 3.63) is 65.0 Å². The van der Waals surface area contributed by atoms with Gasteiger partial charge in [-0.1, -0.05) is 17.7 Å². The van der Waals surface area contributed by atoms with Crippen molar-refractivity contribution in [1.82, 2.24) is 4.98 Å². The van der Waals surface area contributed by atoms with Crippen molar-refractivity contribution >= 4 is 34.6 Å². The number of allylic oxidation sites excluding steroid dienone is 1. The molecule has 0 fully saturated rings. The highest BCUT2D eigenvalue weighted by Crippen LogP contribution is 2.37. The lowest BCUT2D eigenvalue weighted by molar-refractivity contribution is -0.110. The largest absolute Gasteiger partial charge is 0.321 e. The fourth-order valence-electron chi connectivity index (χ4n) is 2.07. The third kappa shape index (κ3) is 2.10. The molecule has 0 aliphatic carbocycles. The van der Waals surface area contributed by atoms with Gasteiger partial charge in [0.05, 0.1) is 16.3 Å². The Morgan fingerprint density at radius 3 is 2.85 bits per heavy atom. The van der Waals surface area contributed by atoms with E-state index in [-0.39, 0.29) is 17.3 Å². The molecule has 0 saturated heterocycles. The Morgan fingerprint density at radius 1 is 1.25 bits per heavy atom. The Kier molecular flexibility index (Phi) is 3.08. The number of carbonyl (C=O) groups excluding carboxylic acids is 2. The minimum atomic E-state index is -0.328. The van der Waals surface area contributed by atoms with Crippen LogP contribution in [0.1, 0.15) is 15.9 Å². The number of hydrogen-bond acceptors (Lipinski definition) is 3. The fourth-order valence-corrected chi connectivity index (χ4v) is 2.34. The van der Waals surface area contributed by atoms with Gasteiger partial charge in [-0.3, -0.25) is 14.6 Å². The molecule has 0 spiro atoms. The Hall–Kier alpha value is -2.46. The molecule has 0 atom stereocenters. The van der Waals surface area contributed by atoms with E-state index in [1.54, 1.807) is 36.5 Å². The van der Waals surface area contributed by atoms with E-state index in [1.807, 2.05) is 0 Å². The van der Waals surface area contributed by atoms with Crippen LogP contribution in [0, 0.1) is 0 Å². The predicted octanol–water partition coefficient (Wildman–Crippen LogP) is 2.95. The number of carbonyl (C=O) groups is 2. The molecular formula is C15H9ClN2O2. The number of pyridine rings is 1. The minimum Gasteiger partial charge on any atom is -0.321 e. The summed E-state index contributed by atoms with van der Waals surface area (Å²) in [5.41, 5.74) is 1.89. The normalized spacial score (nSPS) is 15.1. The summed E-state index contributed by atoms with van der Waals surface area (Å²) >= 11 is 6.10. The van der Waals surface area contributed by atoms with Gasteiger partial charge in [0.2, 0.25) is 0 Å². The number of anilines is 1. The maximum absolute atomic E-state index is 12.1. The number of benzene rings is 1. The van der Waals surface area contributed by atoms with E-state index >= 15 is 0 Å². The quantitative estimate of drug-likeness (QED) is 0.681. The highest BCUT2D eigenvalue weighted by Gasteiger charge is 2.27. The molecule has 1 aliphatic heterocycles. The summed E-state index contributed by atoms with van der Waals surface area (Å²) in [7, 11) is 0.